The number of urea groups is 1. The van der Waals surface area contributed by atoms with E-state index in [2.05, 4.69) is 29.1 Å². The van der Waals surface area contributed by atoms with Crippen molar-refractivity contribution in [3.8, 4) is 0 Å². The number of hydrogen-bond donors (Lipinski definition) is 2. The Balaban J connectivity index is 2.09. The lowest BCUT2D eigenvalue weighted by atomic mass is 9.87. The molecule has 6 nitrogen and oxygen atoms in total. The van der Waals surface area contributed by atoms with Gasteiger partial charge in [0.15, 0.2) is 0 Å². The van der Waals surface area contributed by atoms with Gasteiger partial charge in [0, 0.05) is 13.0 Å². The highest BCUT2D eigenvalue weighted by Crippen LogP contribution is 2.35. The molecule has 6 heteroatoms. The quantitative estimate of drug-likeness (QED) is 0.876. The Labute approximate surface area is 132 Å². The number of likely N-dealkylation sites (tertiary alicyclic amines) is 1. The molecule has 0 spiro atoms. The Kier molecular flexibility index (Phi) is 5.34. The van der Waals surface area contributed by atoms with Gasteiger partial charge in [-0.1, -0.05) is 20.8 Å². The van der Waals surface area contributed by atoms with Crippen molar-refractivity contribution >= 4 is 11.7 Å². The molecule has 1 fully saturated rings. The Hall–Kier alpha value is -1.69. The summed E-state index contributed by atoms with van der Waals surface area (Å²) in [5, 5.41) is 12.7. The molecule has 0 saturated carbocycles. The summed E-state index contributed by atoms with van der Waals surface area (Å²) >= 11 is 0. The van der Waals surface area contributed by atoms with Crippen LogP contribution in [0.5, 0.6) is 0 Å². The standard InChI is InChI=1S/C16H26N4O2/c1-4-14-17-9-13(10-18-14)19-15(22)20-7-5-6-16(20,11-21)8-12(2)3/h9-10,12,21H,4-8,11H2,1-3H3,(H,19,22)/t16-/m1/s1. The summed E-state index contributed by atoms with van der Waals surface area (Å²) < 4.78 is 0. The number of nitrogens with zero attached hydrogens (tertiary/aromatic N) is 3. The Morgan fingerprint density at radius 2 is 2.14 bits per heavy atom. The van der Waals surface area contributed by atoms with Gasteiger partial charge >= 0.3 is 6.03 Å². The minimum absolute atomic E-state index is 0.00384. The van der Waals surface area contributed by atoms with Gasteiger partial charge in [0.1, 0.15) is 5.82 Å². The largest absolute Gasteiger partial charge is 0.394 e. The number of aliphatic hydroxyl groups is 1. The number of amides is 2. The van der Waals surface area contributed by atoms with Gasteiger partial charge in [0.2, 0.25) is 0 Å². The molecule has 0 radical (unpaired) electrons. The van der Waals surface area contributed by atoms with E-state index < -0.39 is 5.54 Å². The molecule has 0 aliphatic carbocycles. The molecular weight excluding hydrogens is 280 g/mol. The predicted octanol–water partition coefficient (Wildman–Crippen LogP) is 2.44. The molecule has 2 rings (SSSR count). The lowest BCUT2D eigenvalue weighted by Gasteiger charge is -2.38. The van der Waals surface area contributed by atoms with Crippen LogP contribution in [0.3, 0.4) is 0 Å². The number of aryl methyl sites for hydroxylation is 1. The van der Waals surface area contributed by atoms with Gasteiger partial charge in [-0.25, -0.2) is 14.8 Å². The fourth-order valence-electron chi connectivity index (χ4n) is 3.25. The number of aliphatic hydroxyl groups excluding tert-OH is 1. The minimum Gasteiger partial charge on any atom is -0.394 e. The molecule has 0 unspecified atom stereocenters. The van der Waals surface area contributed by atoms with Crippen LogP contribution in [0.15, 0.2) is 12.4 Å². The van der Waals surface area contributed by atoms with E-state index >= 15 is 0 Å². The van der Waals surface area contributed by atoms with Crippen molar-refractivity contribution in [2.24, 2.45) is 5.92 Å². The van der Waals surface area contributed by atoms with Gasteiger partial charge in [-0.2, -0.15) is 0 Å². The van der Waals surface area contributed by atoms with Crippen LogP contribution in [0, 0.1) is 5.92 Å². The summed E-state index contributed by atoms with van der Waals surface area (Å²) in [5.74, 6) is 1.18. The maximum Gasteiger partial charge on any atom is 0.322 e. The number of nitrogens with one attached hydrogen (secondary N) is 1. The third-order valence-corrected chi connectivity index (χ3v) is 4.20. The van der Waals surface area contributed by atoms with Crippen molar-refractivity contribution in [1.29, 1.82) is 0 Å². The third kappa shape index (κ3) is 3.55. The van der Waals surface area contributed by atoms with Crippen LogP contribution in [-0.4, -0.2) is 44.7 Å². The SMILES string of the molecule is CCc1ncc(NC(=O)N2CCC[C@]2(CO)CC(C)C)cn1. The molecule has 122 valence electrons. The molecule has 1 aromatic heterocycles. The number of carbonyl (C=O) groups is 1. The molecule has 2 heterocycles. The van der Waals surface area contributed by atoms with Crippen LogP contribution in [0.2, 0.25) is 0 Å². The molecule has 0 bridgehead atoms. The van der Waals surface area contributed by atoms with Crippen molar-refractivity contribution in [3.05, 3.63) is 18.2 Å². The summed E-state index contributed by atoms with van der Waals surface area (Å²) in [6, 6.07) is -0.181. The van der Waals surface area contributed by atoms with Crippen molar-refractivity contribution in [1.82, 2.24) is 14.9 Å². The van der Waals surface area contributed by atoms with E-state index in [1.54, 1.807) is 17.3 Å². The second-order valence-corrected chi connectivity index (χ2v) is 6.41. The van der Waals surface area contributed by atoms with Gasteiger partial charge in [0.25, 0.3) is 0 Å². The van der Waals surface area contributed by atoms with Gasteiger partial charge in [-0.3, -0.25) is 0 Å². The van der Waals surface area contributed by atoms with E-state index in [1.165, 1.54) is 0 Å². The third-order valence-electron chi connectivity index (χ3n) is 4.20. The van der Waals surface area contributed by atoms with Crippen LogP contribution in [0.1, 0.15) is 45.9 Å². The van der Waals surface area contributed by atoms with Crippen LogP contribution < -0.4 is 5.32 Å². The zero-order chi connectivity index (χ0) is 16.2. The molecule has 1 aliphatic rings. The van der Waals surface area contributed by atoms with Crippen LogP contribution in [0.25, 0.3) is 0 Å². The highest BCUT2D eigenvalue weighted by Gasteiger charge is 2.43. The van der Waals surface area contributed by atoms with Gasteiger partial charge in [-0.15, -0.1) is 0 Å². The molecule has 2 N–H and O–H groups in total. The first kappa shape index (κ1) is 16.7. The molecule has 1 aliphatic heterocycles. The fraction of sp³-hybridized carbons (Fsp3) is 0.688. The average Bonchev–Trinajstić information content (AvgIpc) is 2.91. The first-order valence-corrected chi connectivity index (χ1v) is 8.01. The van der Waals surface area contributed by atoms with Crippen molar-refractivity contribution in [2.75, 3.05) is 18.5 Å². The van der Waals surface area contributed by atoms with E-state index in [0.717, 1.165) is 31.5 Å². The maximum atomic E-state index is 12.6. The van der Waals surface area contributed by atoms with Crippen molar-refractivity contribution < 1.29 is 9.90 Å². The van der Waals surface area contributed by atoms with Crippen molar-refractivity contribution in [3.63, 3.8) is 0 Å². The monoisotopic (exact) mass is 306 g/mol. The Morgan fingerprint density at radius 1 is 1.45 bits per heavy atom. The van der Waals surface area contributed by atoms with E-state index in [9.17, 15) is 9.90 Å². The second-order valence-electron chi connectivity index (χ2n) is 6.41. The molecule has 22 heavy (non-hydrogen) atoms. The Morgan fingerprint density at radius 3 is 2.68 bits per heavy atom. The summed E-state index contributed by atoms with van der Waals surface area (Å²) in [6.45, 7) is 6.89. The van der Waals surface area contributed by atoms with E-state index in [1.807, 2.05) is 6.92 Å². The number of hydrogen-bond acceptors (Lipinski definition) is 4. The molecular formula is C16H26N4O2. The molecule has 1 saturated heterocycles. The maximum absolute atomic E-state index is 12.6. The highest BCUT2D eigenvalue weighted by molar-refractivity contribution is 5.89. The predicted molar refractivity (Wildman–Crippen MR) is 85.6 cm³/mol. The minimum atomic E-state index is -0.442. The normalized spacial score (nSPS) is 21.4. The first-order chi connectivity index (χ1) is 10.5. The molecule has 1 atom stereocenters. The number of aromatic nitrogens is 2. The smallest absolute Gasteiger partial charge is 0.322 e. The second kappa shape index (κ2) is 7.05. The summed E-state index contributed by atoms with van der Waals surface area (Å²) in [6.07, 6.45) is 6.60. The average molecular weight is 306 g/mol. The van der Waals surface area contributed by atoms with Gasteiger partial charge < -0.3 is 15.3 Å². The number of carbonyl (C=O) groups excluding carboxylic acids is 1. The van der Waals surface area contributed by atoms with Gasteiger partial charge in [0.05, 0.1) is 30.2 Å². The summed E-state index contributed by atoms with van der Waals surface area (Å²) in [5.41, 5.74) is 0.146. The van der Waals surface area contributed by atoms with Crippen LogP contribution >= 0.6 is 0 Å². The van der Waals surface area contributed by atoms with E-state index in [4.69, 9.17) is 0 Å². The van der Waals surface area contributed by atoms with Gasteiger partial charge in [-0.05, 0) is 25.2 Å². The van der Waals surface area contributed by atoms with E-state index in [0.29, 0.717) is 18.2 Å². The zero-order valence-electron chi connectivity index (χ0n) is 13.7. The lowest BCUT2D eigenvalue weighted by Crippen LogP contribution is -2.52. The molecule has 0 aromatic carbocycles. The highest BCUT2D eigenvalue weighted by atomic mass is 16.3. The molecule has 1 aromatic rings. The fourth-order valence-corrected chi connectivity index (χ4v) is 3.25. The summed E-state index contributed by atoms with van der Waals surface area (Å²) in [4.78, 5) is 22.7. The first-order valence-electron chi connectivity index (χ1n) is 8.01. The van der Waals surface area contributed by atoms with Crippen molar-refractivity contribution in [2.45, 2.75) is 52.0 Å². The molecule has 2 amide bonds. The number of rotatable bonds is 5. The topological polar surface area (TPSA) is 78.4 Å². The Bertz CT molecular complexity index is 503. The van der Waals surface area contributed by atoms with E-state index in [-0.39, 0.29) is 12.6 Å². The zero-order valence-corrected chi connectivity index (χ0v) is 13.7. The summed E-state index contributed by atoms with van der Waals surface area (Å²) in [7, 11) is 0. The lowest BCUT2D eigenvalue weighted by molar-refractivity contribution is 0.0728. The number of anilines is 1. The van der Waals surface area contributed by atoms with Crippen LogP contribution in [0.4, 0.5) is 10.5 Å². The van der Waals surface area contributed by atoms with Crippen LogP contribution in [-0.2, 0) is 6.42 Å².